The van der Waals surface area contributed by atoms with Crippen molar-refractivity contribution in [3.05, 3.63) is 27.8 Å². The third kappa shape index (κ3) is 5.67. The standard InChI is InChI=1S/C12H16IN3O/c1-14-10-16(15-2)8-3-9-17-12-6-4-11(13)5-7-12/h4-7,10H,2-3,8-9H2,1H3. The Kier molecular flexibility index (Phi) is 6.61. The molecule has 0 atom stereocenters. The number of hydrazone groups is 1. The summed E-state index contributed by atoms with van der Waals surface area (Å²) in [5, 5.41) is 5.50. The van der Waals surface area contributed by atoms with Crippen LogP contribution in [0.1, 0.15) is 6.42 Å². The van der Waals surface area contributed by atoms with Crippen molar-refractivity contribution in [2.75, 3.05) is 20.2 Å². The van der Waals surface area contributed by atoms with E-state index < -0.39 is 0 Å². The molecular weight excluding hydrogens is 329 g/mol. The molecule has 0 unspecified atom stereocenters. The molecule has 0 aliphatic rings. The molecule has 0 fully saturated rings. The van der Waals surface area contributed by atoms with Gasteiger partial charge in [0.15, 0.2) is 0 Å². The van der Waals surface area contributed by atoms with Crippen molar-refractivity contribution in [2.45, 2.75) is 6.42 Å². The first-order valence-corrected chi connectivity index (χ1v) is 6.38. The summed E-state index contributed by atoms with van der Waals surface area (Å²) >= 11 is 2.27. The minimum absolute atomic E-state index is 0.657. The molecule has 0 bridgehead atoms. The maximum absolute atomic E-state index is 5.60. The van der Waals surface area contributed by atoms with Gasteiger partial charge in [-0.15, -0.1) is 0 Å². The van der Waals surface area contributed by atoms with Crippen LogP contribution in [-0.4, -0.2) is 38.3 Å². The van der Waals surface area contributed by atoms with Gasteiger partial charge < -0.3 is 4.74 Å². The van der Waals surface area contributed by atoms with E-state index in [9.17, 15) is 0 Å². The fourth-order valence-corrected chi connectivity index (χ4v) is 1.61. The number of ether oxygens (including phenoxy) is 1. The first-order valence-electron chi connectivity index (χ1n) is 5.30. The Morgan fingerprint density at radius 1 is 1.41 bits per heavy atom. The van der Waals surface area contributed by atoms with E-state index in [0.29, 0.717) is 6.61 Å². The van der Waals surface area contributed by atoms with Crippen molar-refractivity contribution in [1.29, 1.82) is 0 Å². The second-order valence-corrected chi connectivity index (χ2v) is 4.58. The van der Waals surface area contributed by atoms with Gasteiger partial charge in [0.1, 0.15) is 12.1 Å². The number of benzene rings is 1. The minimum Gasteiger partial charge on any atom is -0.494 e. The third-order valence-corrected chi connectivity index (χ3v) is 2.76. The molecule has 0 aliphatic heterocycles. The van der Waals surface area contributed by atoms with Gasteiger partial charge in [-0.25, -0.2) is 0 Å². The molecule has 5 heteroatoms. The predicted octanol–water partition coefficient (Wildman–Crippen LogP) is 2.64. The zero-order chi connectivity index (χ0) is 12.5. The van der Waals surface area contributed by atoms with Crippen LogP contribution in [0.15, 0.2) is 34.4 Å². The fourth-order valence-electron chi connectivity index (χ4n) is 1.25. The molecule has 0 amide bonds. The van der Waals surface area contributed by atoms with Gasteiger partial charge in [-0.1, -0.05) is 0 Å². The van der Waals surface area contributed by atoms with Crippen LogP contribution in [-0.2, 0) is 0 Å². The highest BCUT2D eigenvalue weighted by molar-refractivity contribution is 14.1. The van der Waals surface area contributed by atoms with Crippen LogP contribution < -0.4 is 4.74 Å². The lowest BCUT2D eigenvalue weighted by atomic mass is 10.3. The molecule has 1 aromatic carbocycles. The van der Waals surface area contributed by atoms with Gasteiger partial charge in [-0.05, 0) is 46.9 Å². The quantitative estimate of drug-likeness (QED) is 0.251. The molecule has 17 heavy (non-hydrogen) atoms. The zero-order valence-electron chi connectivity index (χ0n) is 9.84. The number of rotatable bonds is 7. The highest BCUT2D eigenvalue weighted by atomic mass is 127. The van der Waals surface area contributed by atoms with Crippen molar-refractivity contribution in [2.24, 2.45) is 10.1 Å². The van der Waals surface area contributed by atoms with E-state index in [1.807, 2.05) is 24.3 Å². The highest BCUT2D eigenvalue weighted by Crippen LogP contribution is 2.13. The molecule has 92 valence electrons. The predicted molar refractivity (Wildman–Crippen MR) is 79.9 cm³/mol. The smallest absolute Gasteiger partial charge is 0.119 e. The van der Waals surface area contributed by atoms with Crippen molar-refractivity contribution in [1.82, 2.24) is 5.01 Å². The number of aliphatic imine (C=N–C) groups is 1. The van der Waals surface area contributed by atoms with E-state index in [-0.39, 0.29) is 0 Å². The molecule has 1 rings (SSSR count). The molecule has 0 saturated carbocycles. The van der Waals surface area contributed by atoms with Crippen LogP contribution in [0.5, 0.6) is 5.75 Å². The Bertz CT molecular complexity index is 365. The van der Waals surface area contributed by atoms with E-state index in [1.165, 1.54) is 3.57 Å². The van der Waals surface area contributed by atoms with Gasteiger partial charge in [-0.3, -0.25) is 10.0 Å². The van der Waals surface area contributed by atoms with Crippen molar-refractivity contribution < 1.29 is 4.74 Å². The average Bonchev–Trinajstić information content (AvgIpc) is 2.35. The largest absolute Gasteiger partial charge is 0.494 e. The molecule has 0 aromatic heterocycles. The number of nitrogens with zero attached hydrogens (tertiary/aromatic N) is 3. The normalized spacial score (nSPS) is 10.5. The minimum atomic E-state index is 0.657. The van der Waals surface area contributed by atoms with Gasteiger partial charge >= 0.3 is 0 Å². The van der Waals surface area contributed by atoms with Gasteiger partial charge in [0, 0.05) is 30.3 Å². The van der Waals surface area contributed by atoms with Gasteiger partial charge in [-0.2, -0.15) is 5.10 Å². The van der Waals surface area contributed by atoms with E-state index in [0.717, 1.165) is 18.7 Å². The molecule has 0 spiro atoms. The summed E-state index contributed by atoms with van der Waals surface area (Å²) in [5.74, 6) is 0.896. The SMILES string of the molecule is C=NN(C=NC)CCCOc1ccc(I)cc1. The highest BCUT2D eigenvalue weighted by Gasteiger charge is 1.97. The number of hydrogen-bond acceptors (Lipinski definition) is 3. The van der Waals surface area contributed by atoms with Crippen LogP contribution in [0.25, 0.3) is 0 Å². The van der Waals surface area contributed by atoms with Gasteiger partial charge in [0.25, 0.3) is 0 Å². The lowest BCUT2D eigenvalue weighted by Crippen LogP contribution is -2.18. The average molecular weight is 345 g/mol. The fraction of sp³-hybridized carbons (Fsp3) is 0.333. The van der Waals surface area contributed by atoms with E-state index >= 15 is 0 Å². The summed E-state index contributed by atoms with van der Waals surface area (Å²) in [4.78, 5) is 3.88. The Balaban J connectivity index is 2.23. The topological polar surface area (TPSA) is 37.2 Å². The first-order chi connectivity index (χ1) is 8.26. The van der Waals surface area contributed by atoms with Crippen molar-refractivity contribution in [3.8, 4) is 5.75 Å². The van der Waals surface area contributed by atoms with Crippen LogP contribution in [0.3, 0.4) is 0 Å². The van der Waals surface area contributed by atoms with Crippen LogP contribution in [0.2, 0.25) is 0 Å². The maximum Gasteiger partial charge on any atom is 0.119 e. The van der Waals surface area contributed by atoms with Crippen LogP contribution >= 0.6 is 22.6 Å². The lowest BCUT2D eigenvalue weighted by Gasteiger charge is -2.12. The van der Waals surface area contributed by atoms with E-state index in [4.69, 9.17) is 4.74 Å². The number of hydrogen-bond donors (Lipinski definition) is 0. The summed E-state index contributed by atoms with van der Waals surface area (Å²) in [6.07, 6.45) is 2.52. The Hall–Kier alpha value is -1.11. The van der Waals surface area contributed by atoms with Crippen molar-refractivity contribution >= 4 is 35.6 Å². The van der Waals surface area contributed by atoms with Crippen molar-refractivity contribution in [3.63, 3.8) is 0 Å². The molecular formula is C12H16IN3O. The summed E-state index contributed by atoms with van der Waals surface area (Å²) in [5.41, 5.74) is 0. The Morgan fingerprint density at radius 2 is 2.12 bits per heavy atom. The Morgan fingerprint density at radius 3 is 2.71 bits per heavy atom. The third-order valence-electron chi connectivity index (χ3n) is 2.04. The van der Waals surface area contributed by atoms with E-state index in [2.05, 4.69) is 39.4 Å². The van der Waals surface area contributed by atoms with Crippen LogP contribution in [0, 0.1) is 3.57 Å². The Labute approximate surface area is 116 Å². The first kappa shape index (κ1) is 14.0. The number of halogens is 1. The summed E-state index contributed by atoms with van der Waals surface area (Å²) < 4.78 is 6.80. The second-order valence-electron chi connectivity index (χ2n) is 3.33. The summed E-state index contributed by atoms with van der Waals surface area (Å²) in [7, 11) is 1.71. The molecule has 0 N–H and O–H groups in total. The molecule has 1 aromatic rings. The monoisotopic (exact) mass is 345 g/mol. The zero-order valence-corrected chi connectivity index (χ0v) is 12.0. The molecule has 0 radical (unpaired) electrons. The maximum atomic E-state index is 5.60. The summed E-state index contributed by atoms with van der Waals surface area (Å²) in [6.45, 7) is 4.88. The van der Waals surface area contributed by atoms with Crippen LogP contribution in [0.4, 0.5) is 0 Å². The van der Waals surface area contributed by atoms with Gasteiger partial charge in [0.05, 0.1) is 6.61 Å². The molecule has 4 nitrogen and oxygen atoms in total. The molecule has 0 heterocycles. The van der Waals surface area contributed by atoms with Gasteiger partial charge in [0.2, 0.25) is 0 Å². The molecule has 0 saturated heterocycles. The lowest BCUT2D eigenvalue weighted by molar-refractivity contribution is 0.290. The molecule has 0 aliphatic carbocycles. The second kappa shape index (κ2) is 8.05. The summed E-state index contributed by atoms with van der Waals surface area (Å²) in [6, 6.07) is 7.99. The van der Waals surface area contributed by atoms with E-state index in [1.54, 1.807) is 18.4 Å².